The van der Waals surface area contributed by atoms with Crippen LogP contribution in [0.25, 0.3) is 11.0 Å². The van der Waals surface area contributed by atoms with Crippen LogP contribution in [0.5, 0.6) is 0 Å². The third-order valence-electron chi connectivity index (χ3n) is 6.76. The number of benzene rings is 2. The first kappa shape index (κ1) is 23.0. The fourth-order valence-corrected chi connectivity index (χ4v) is 6.51. The number of ether oxygens (including phenoxy) is 1. The molecule has 0 spiro atoms. The third-order valence-corrected chi connectivity index (χ3v) is 8.66. The van der Waals surface area contributed by atoms with Crippen molar-refractivity contribution in [3.05, 3.63) is 53.9 Å². The quantitative estimate of drug-likeness (QED) is 0.539. The van der Waals surface area contributed by atoms with Crippen LogP contribution in [0.4, 0.5) is 5.69 Å². The Morgan fingerprint density at radius 3 is 2.68 bits per heavy atom. The molecule has 1 saturated heterocycles. The number of rotatable bonds is 6. The van der Waals surface area contributed by atoms with Gasteiger partial charge in [0.15, 0.2) is 0 Å². The maximum absolute atomic E-state index is 13.2. The Bertz CT molecular complexity index is 1330. The normalized spacial score (nSPS) is 19.0. The molecule has 1 fully saturated rings. The number of fused-ring (bicyclic) bond motifs is 2. The number of hydrogen-bond acceptors (Lipinski definition) is 5. The number of para-hydroxylation sites is 1. The van der Waals surface area contributed by atoms with Gasteiger partial charge in [0.05, 0.1) is 29.1 Å². The molecule has 34 heavy (non-hydrogen) atoms. The summed E-state index contributed by atoms with van der Waals surface area (Å²) in [5, 5.41) is 0. The maximum atomic E-state index is 13.2. The first-order chi connectivity index (χ1) is 16.4. The summed E-state index contributed by atoms with van der Waals surface area (Å²) in [7, 11) is -3.59. The molecule has 0 bridgehead atoms. The van der Waals surface area contributed by atoms with Crippen LogP contribution < -0.4 is 4.90 Å². The SMILES string of the molecule is CCn1c(CCC(=O)N2c3ccccc3CC2C)nc2cc(S(=O)(=O)N3CCOCC3)ccc21. The van der Waals surface area contributed by atoms with Crippen molar-refractivity contribution in [1.29, 1.82) is 0 Å². The molecule has 3 aromatic rings. The Morgan fingerprint density at radius 1 is 1.15 bits per heavy atom. The Hall–Kier alpha value is -2.75. The zero-order valence-corrected chi connectivity index (χ0v) is 20.4. The van der Waals surface area contributed by atoms with Gasteiger partial charge >= 0.3 is 0 Å². The molecule has 0 aliphatic carbocycles. The summed E-state index contributed by atoms with van der Waals surface area (Å²) in [5.74, 6) is 0.884. The first-order valence-electron chi connectivity index (χ1n) is 11.9. The number of carbonyl (C=O) groups is 1. The molecule has 2 aliphatic rings. The highest BCUT2D eigenvalue weighted by molar-refractivity contribution is 7.89. The van der Waals surface area contributed by atoms with E-state index in [1.54, 1.807) is 12.1 Å². The lowest BCUT2D eigenvalue weighted by Crippen LogP contribution is -2.40. The summed E-state index contributed by atoms with van der Waals surface area (Å²) < 4.78 is 35.0. The molecular formula is C25H30N4O4S. The van der Waals surface area contributed by atoms with Gasteiger partial charge in [0, 0.05) is 44.2 Å². The molecular weight excluding hydrogens is 452 g/mol. The van der Waals surface area contributed by atoms with E-state index >= 15 is 0 Å². The van der Waals surface area contributed by atoms with E-state index in [1.807, 2.05) is 36.1 Å². The number of aryl methyl sites for hydroxylation is 2. The molecule has 180 valence electrons. The van der Waals surface area contributed by atoms with Crippen LogP contribution >= 0.6 is 0 Å². The molecule has 1 unspecified atom stereocenters. The summed E-state index contributed by atoms with van der Waals surface area (Å²) >= 11 is 0. The Balaban J connectivity index is 1.38. The van der Waals surface area contributed by atoms with Crippen molar-refractivity contribution in [3.63, 3.8) is 0 Å². The van der Waals surface area contributed by atoms with E-state index in [2.05, 4.69) is 17.6 Å². The van der Waals surface area contributed by atoms with Crippen LogP contribution in [0, 0.1) is 0 Å². The number of aromatic nitrogens is 2. The van der Waals surface area contributed by atoms with E-state index in [4.69, 9.17) is 9.72 Å². The summed E-state index contributed by atoms with van der Waals surface area (Å²) in [6.45, 7) is 6.33. The summed E-state index contributed by atoms with van der Waals surface area (Å²) in [5.41, 5.74) is 3.73. The predicted molar refractivity (Wildman–Crippen MR) is 130 cm³/mol. The third kappa shape index (κ3) is 4.01. The van der Waals surface area contributed by atoms with Gasteiger partial charge in [0.2, 0.25) is 15.9 Å². The number of carbonyl (C=O) groups excluding carboxylic acids is 1. The van der Waals surface area contributed by atoms with E-state index in [0.29, 0.717) is 51.2 Å². The number of hydrogen-bond donors (Lipinski definition) is 0. The van der Waals surface area contributed by atoms with Gasteiger partial charge in [-0.15, -0.1) is 0 Å². The molecule has 3 heterocycles. The highest BCUT2D eigenvalue weighted by Gasteiger charge is 2.31. The Labute approximate surface area is 200 Å². The average molecular weight is 483 g/mol. The molecule has 2 aliphatic heterocycles. The minimum atomic E-state index is -3.59. The van der Waals surface area contributed by atoms with Gasteiger partial charge in [0.25, 0.3) is 0 Å². The number of anilines is 1. The number of nitrogens with zero attached hydrogens (tertiary/aromatic N) is 4. The smallest absolute Gasteiger partial charge is 0.243 e. The second-order valence-electron chi connectivity index (χ2n) is 8.88. The Morgan fingerprint density at radius 2 is 1.91 bits per heavy atom. The van der Waals surface area contributed by atoms with Crippen LogP contribution in [0.1, 0.15) is 31.7 Å². The van der Waals surface area contributed by atoms with E-state index in [-0.39, 0.29) is 16.8 Å². The lowest BCUT2D eigenvalue weighted by Gasteiger charge is -2.26. The fourth-order valence-electron chi connectivity index (χ4n) is 5.08. The van der Waals surface area contributed by atoms with Crippen molar-refractivity contribution in [2.75, 3.05) is 31.2 Å². The Kier molecular flexibility index (Phi) is 6.18. The van der Waals surface area contributed by atoms with Crippen LogP contribution in [0.15, 0.2) is 47.4 Å². The van der Waals surface area contributed by atoms with E-state index in [0.717, 1.165) is 23.4 Å². The largest absolute Gasteiger partial charge is 0.379 e. The fraction of sp³-hybridized carbons (Fsp3) is 0.440. The minimum absolute atomic E-state index is 0.0859. The molecule has 0 radical (unpaired) electrons. The van der Waals surface area contributed by atoms with Gasteiger partial charge < -0.3 is 14.2 Å². The van der Waals surface area contributed by atoms with E-state index < -0.39 is 10.0 Å². The van der Waals surface area contributed by atoms with E-state index in [1.165, 1.54) is 9.87 Å². The standard InChI is InChI=1S/C25H30N4O4S/c1-3-28-23-9-8-20(34(31,32)27-12-14-33-15-13-27)17-21(23)26-24(28)10-11-25(30)29-18(2)16-19-6-4-5-7-22(19)29/h4-9,17-18H,3,10-16H2,1-2H3. The van der Waals surface area contributed by atoms with Crippen molar-refractivity contribution < 1.29 is 17.9 Å². The summed E-state index contributed by atoms with van der Waals surface area (Å²) in [6.07, 6.45) is 1.72. The lowest BCUT2D eigenvalue weighted by molar-refractivity contribution is -0.118. The van der Waals surface area contributed by atoms with Crippen molar-refractivity contribution in [3.8, 4) is 0 Å². The number of imidazole rings is 1. The van der Waals surface area contributed by atoms with Crippen molar-refractivity contribution in [1.82, 2.24) is 13.9 Å². The van der Waals surface area contributed by atoms with Crippen LogP contribution in [-0.2, 0) is 38.9 Å². The first-order valence-corrected chi connectivity index (χ1v) is 13.3. The number of sulfonamides is 1. The van der Waals surface area contributed by atoms with Crippen molar-refractivity contribution >= 4 is 32.7 Å². The monoisotopic (exact) mass is 482 g/mol. The maximum Gasteiger partial charge on any atom is 0.243 e. The van der Waals surface area contributed by atoms with Gasteiger partial charge in [-0.05, 0) is 50.1 Å². The molecule has 8 nitrogen and oxygen atoms in total. The summed E-state index contributed by atoms with van der Waals surface area (Å²) in [4.78, 5) is 20.1. The highest BCUT2D eigenvalue weighted by Crippen LogP contribution is 2.32. The number of amides is 1. The molecule has 9 heteroatoms. The van der Waals surface area contributed by atoms with Crippen LogP contribution in [-0.4, -0.2) is 60.5 Å². The molecule has 1 amide bonds. The zero-order chi connectivity index (χ0) is 23.9. The average Bonchev–Trinajstić information content (AvgIpc) is 3.38. The molecule has 5 rings (SSSR count). The number of morpholine rings is 1. The van der Waals surface area contributed by atoms with Crippen molar-refractivity contribution in [2.24, 2.45) is 0 Å². The van der Waals surface area contributed by atoms with E-state index in [9.17, 15) is 13.2 Å². The van der Waals surface area contributed by atoms with Gasteiger partial charge in [0.1, 0.15) is 5.82 Å². The molecule has 1 atom stereocenters. The molecule has 1 aromatic heterocycles. The summed E-state index contributed by atoms with van der Waals surface area (Å²) in [6, 6.07) is 13.3. The predicted octanol–water partition coefficient (Wildman–Crippen LogP) is 2.99. The molecule has 0 saturated carbocycles. The van der Waals surface area contributed by atoms with Crippen LogP contribution in [0.3, 0.4) is 0 Å². The van der Waals surface area contributed by atoms with Crippen molar-refractivity contribution in [2.45, 2.75) is 50.6 Å². The van der Waals surface area contributed by atoms with Crippen LogP contribution in [0.2, 0.25) is 0 Å². The molecule has 2 aromatic carbocycles. The molecule has 0 N–H and O–H groups in total. The highest BCUT2D eigenvalue weighted by atomic mass is 32.2. The van der Waals surface area contributed by atoms with Gasteiger partial charge in [-0.25, -0.2) is 13.4 Å². The second-order valence-corrected chi connectivity index (χ2v) is 10.8. The minimum Gasteiger partial charge on any atom is -0.379 e. The van der Waals surface area contributed by atoms with Gasteiger partial charge in [-0.3, -0.25) is 4.79 Å². The topological polar surface area (TPSA) is 84.7 Å². The van der Waals surface area contributed by atoms with Gasteiger partial charge in [-0.2, -0.15) is 4.31 Å². The lowest BCUT2D eigenvalue weighted by atomic mass is 10.1. The van der Waals surface area contributed by atoms with Gasteiger partial charge in [-0.1, -0.05) is 18.2 Å². The second kappa shape index (κ2) is 9.13. The zero-order valence-electron chi connectivity index (χ0n) is 19.6.